The fourth-order valence-corrected chi connectivity index (χ4v) is 0.699. The van der Waals surface area contributed by atoms with Crippen LogP contribution in [0.1, 0.15) is 5.69 Å². The molecule has 0 aromatic carbocycles. The minimum atomic E-state index is 0.239. The lowest BCUT2D eigenvalue weighted by molar-refractivity contribution is 0.121. The minimum Gasteiger partial charge on any atom is -0.298 e. The van der Waals surface area contributed by atoms with Gasteiger partial charge in [0.15, 0.2) is 5.69 Å². The fraction of sp³-hybridized carbons (Fsp3) is 0.143. The van der Waals surface area contributed by atoms with E-state index in [0.29, 0.717) is 11.4 Å². The maximum atomic E-state index is 6.70. The molecule has 0 bridgehead atoms. The summed E-state index contributed by atoms with van der Waals surface area (Å²) in [6, 6.07) is 3.27. The molecule has 1 aromatic rings. The molecule has 56 valence electrons. The highest BCUT2D eigenvalue weighted by Crippen LogP contribution is 2.11. The summed E-state index contributed by atoms with van der Waals surface area (Å²) in [5.74, 6) is 4.83. The first-order valence-electron chi connectivity index (χ1n) is 3.01. The van der Waals surface area contributed by atoms with E-state index in [2.05, 4.69) is 14.7 Å². The Bertz CT molecular complexity index is 279. The van der Waals surface area contributed by atoms with Crippen LogP contribution in [0.15, 0.2) is 18.3 Å². The highest BCUT2D eigenvalue weighted by molar-refractivity contribution is 5.43. The van der Waals surface area contributed by atoms with E-state index in [0.717, 1.165) is 0 Å². The fourth-order valence-electron chi connectivity index (χ4n) is 0.699. The van der Waals surface area contributed by atoms with E-state index >= 15 is 0 Å². The molecule has 11 heavy (non-hydrogen) atoms. The molecule has 0 saturated heterocycles. The van der Waals surface area contributed by atoms with Crippen LogP contribution >= 0.6 is 0 Å². The van der Waals surface area contributed by atoms with Gasteiger partial charge >= 0.3 is 0 Å². The van der Waals surface area contributed by atoms with Crippen molar-refractivity contribution < 1.29 is 4.84 Å². The lowest BCUT2D eigenvalue weighted by Gasteiger charge is -1.96. The average Bonchev–Trinajstić information content (AvgIpc) is 2.06. The van der Waals surface area contributed by atoms with Crippen LogP contribution in [0.5, 0.6) is 0 Å². The van der Waals surface area contributed by atoms with E-state index in [9.17, 15) is 0 Å². The van der Waals surface area contributed by atoms with Gasteiger partial charge in [-0.2, -0.15) is 0 Å². The Kier molecular flexibility index (Phi) is 2.55. The second-order valence-electron chi connectivity index (χ2n) is 1.93. The average molecular weight is 149 g/mol. The van der Waals surface area contributed by atoms with Gasteiger partial charge in [0, 0.05) is 6.20 Å². The Morgan fingerprint density at radius 1 is 1.73 bits per heavy atom. The van der Waals surface area contributed by atoms with Gasteiger partial charge in [0.05, 0.1) is 12.3 Å². The van der Waals surface area contributed by atoms with Crippen LogP contribution in [0, 0.1) is 6.57 Å². The van der Waals surface area contributed by atoms with Crippen LogP contribution in [-0.4, -0.2) is 4.98 Å². The molecule has 0 aliphatic carbocycles. The van der Waals surface area contributed by atoms with Crippen molar-refractivity contribution in [1.82, 2.24) is 4.98 Å². The van der Waals surface area contributed by atoms with E-state index in [1.54, 1.807) is 18.3 Å². The van der Waals surface area contributed by atoms with Crippen molar-refractivity contribution in [3.05, 3.63) is 35.4 Å². The van der Waals surface area contributed by atoms with Crippen LogP contribution in [-0.2, 0) is 11.4 Å². The summed E-state index contributed by atoms with van der Waals surface area (Å²) in [5, 5.41) is 0. The number of pyridine rings is 1. The number of nitrogens with zero attached hydrogens (tertiary/aromatic N) is 2. The van der Waals surface area contributed by atoms with Crippen molar-refractivity contribution in [2.45, 2.75) is 6.61 Å². The Labute approximate surface area is 64.4 Å². The van der Waals surface area contributed by atoms with Crippen LogP contribution in [0.3, 0.4) is 0 Å². The third-order valence-corrected chi connectivity index (χ3v) is 1.16. The SMILES string of the molecule is [C-]#[N+]c1ccnc(CON)c1. The third kappa shape index (κ3) is 2.00. The monoisotopic (exact) mass is 149 g/mol. The summed E-state index contributed by atoms with van der Waals surface area (Å²) in [6.07, 6.45) is 1.56. The highest BCUT2D eigenvalue weighted by atomic mass is 16.6. The third-order valence-electron chi connectivity index (χ3n) is 1.16. The summed E-state index contributed by atoms with van der Waals surface area (Å²) >= 11 is 0. The maximum absolute atomic E-state index is 6.70. The number of hydrogen-bond acceptors (Lipinski definition) is 3. The molecule has 0 aliphatic heterocycles. The number of rotatable bonds is 2. The van der Waals surface area contributed by atoms with Crippen molar-refractivity contribution in [2.24, 2.45) is 5.90 Å². The molecule has 0 atom stereocenters. The largest absolute Gasteiger partial charge is 0.298 e. The van der Waals surface area contributed by atoms with Gasteiger partial charge in [-0.05, 0) is 12.1 Å². The van der Waals surface area contributed by atoms with Crippen LogP contribution in [0.4, 0.5) is 5.69 Å². The van der Waals surface area contributed by atoms with Gasteiger partial charge in [-0.15, -0.1) is 0 Å². The molecule has 1 heterocycles. The molecular weight excluding hydrogens is 142 g/mol. The highest BCUT2D eigenvalue weighted by Gasteiger charge is 1.94. The number of hydrogen-bond donors (Lipinski definition) is 1. The normalized spacial score (nSPS) is 9.09. The Hall–Kier alpha value is -1.44. The number of nitrogens with two attached hydrogens (primary N) is 1. The summed E-state index contributed by atoms with van der Waals surface area (Å²) in [5.41, 5.74) is 1.22. The van der Waals surface area contributed by atoms with E-state index in [-0.39, 0.29) is 6.61 Å². The molecule has 2 N–H and O–H groups in total. The predicted octanol–water partition coefficient (Wildman–Crippen LogP) is 1.02. The molecule has 0 saturated carbocycles. The molecule has 4 heteroatoms. The van der Waals surface area contributed by atoms with Gasteiger partial charge in [0.1, 0.15) is 6.61 Å². The molecule has 0 spiro atoms. The molecule has 0 aliphatic rings. The maximum Gasteiger partial charge on any atom is 0.190 e. The summed E-state index contributed by atoms with van der Waals surface area (Å²) < 4.78 is 0. The lowest BCUT2D eigenvalue weighted by Crippen LogP contribution is -1.99. The molecule has 1 aromatic heterocycles. The summed E-state index contributed by atoms with van der Waals surface area (Å²) in [7, 11) is 0. The van der Waals surface area contributed by atoms with E-state index < -0.39 is 0 Å². The molecule has 4 nitrogen and oxygen atoms in total. The first kappa shape index (κ1) is 7.66. The Morgan fingerprint density at radius 3 is 3.18 bits per heavy atom. The number of aromatic nitrogens is 1. The van der Waals surface area contributed by atoms with Crippen molar-refractivity contribution in [3.63, 3.8) is 0 Å². The van der Waals surface area contributed by atoms with Gasteiger partial charge in [-0.1, -0.05) is 0 Å². The topological polar surface area (TPSA) is 52.5 Å². The van der Waals surface area contributed by atoms with Crippen molar-refractivity contribution in [3.8, 4) is 0 Å². The first-order valence-corrected chi connectivity index (χ1v) is 3.01. The van der Waals surface area contributed by atoms with Gasteiger partial charge in [-0.3, -0.25) is 9.82 Å². The van der Waals surface area contributed by atoms with Crippen LogP contribution in [0.25, 0.3) is 4.85 Å². The summed E-state index contributed by atoms with van der Waals surface area (Å²) in [6.45, 7) is 6.94. The van der Waals surface area contributed by atoms with Crippen molar-refractivity contribution >= 4 is 5.69 Å². The second-order valence-corrected chi connectivity index (χ2v) is 1.93. The quantitative estimate of drug-likeness (QED) is 0.504. The molecule has 0 fully saturated rings. The Morgan fingerprint density at radius 2 is 2.55 bits per heavy atom. The van der Waals surface area contributed by atoms with Gasteiger partial charge in [-0.25, -0.2) is 10.7 Å². The first-order chi connectivity index (χ1) is 5.36. The van der Waals surface area contributed by atoms with Crippen LogP contribution in [0.2, 0.25) is 0 Å². The van der Waals surface area contributed by atoms with E-state index in [1.165, 1.54) is 0 Å². The zero-order valence-electron chi connectivity index (χ0n) is 5.82. The zero-order valence-corrected chi connectivity index (χ0v) is 5.82. The van der Waals surface area contributed by atoms with Crippen LogP contribution < -0.4 is 5.90 Å². The Balaban J connectivity index is 2.85. The van der Waals surface area contributed by atoms with Crippen molar-refractivity contribution in [2.75, 3.05) is 0 Å². The van der Waals surface area contributed by atoms with Gasteiger partial charge < -0.3 is 0 Å². The van der Waals surface area contributed by atoms with E-state index in [4.69, 9.17) is 12.5 Å². The van der Waals surface area contributed by atoms with Crippen molar-refractivity contribution in [1.29, 1.82) is 0 Å². The lowest BCUT2D eigenvalue weighted by atomic mass is 10.3. The van der Waals surface area contributed by atoms with Gasteiger partial charge in [0.25, 0.3) is 0 Å². The molecule has 0 unspecified atom stereocenters. The summed E-state index contributed by atoms with van der Waals surface area (Å²) in [4.78, 5) is 11.5. The standard InChI is InChI=1S/C7H7N3O/c1-9-6-2-3-10-7(4-6)5-11-8/h2-4H,5,8H2. The molecule has 1 rings (SSSR count). The molecule has 0 radical (unpaired) electrons. The van der Waals surface area contributed by atoms with E-state index in [1.807, 2.05) is 0 Å². The molecule has 0 amide bonds. The zero-order chi connectivity index (χ0) is 8.10. The second kappa shape index (κ2) is 3.66. The smallest absolute Gasteiger partial charge is 0.190 e. The minimum absolute atomic E-state index is 0.239. The molecular formula is C7H7N3O. The van der Waals surface area contributed by atoms with Gasteiger partial charge in [0.2, 0.25) is 0 Å². The predicted molar refractivity (Wildman–Crippen MR) is 39.5 cm³/mol.